The van der Waals surface area contributed by atoms with Gasteiger partial charge in [0.15, 0.2) is 0 Å². The summed E-state index contributed by atoms with van der Waals surface area (Å²) in [6, 6.07) is 7.03. The summed E-state index contributed by atoms with van der Waals surface area (Å²) in [5, 5.41) is 19.4. The van der Waals surface area contributed by atoms with Crippen molar-refractivity contribution in [3.63, 3.8) is 0 Å². The summed E-state index contributed by atoms with van der Waals surface area (Å²) in [6.07, 6.45) is -0.297. The van der Waals surface area contributed by atoms with E-state index in [0.717, 1.165) is 0 Å². The van der Waals surface area contributed by atoms with Gasteiger partial charge in [0, 0.05) is 11.5 Å². The van der Waals surface area contributed by atoms with Crippen LogP contribution in [0.4, 0.5) is 0 Å². The van der Waals surface area contributed by atoms with Gasteiger partial charge >= 0.3 is 5.97 Å². The lowest BCUT2D eigenvalue weighted by atomic mass is 9.78. The first kappa shape index (κ1) is 11.0. The number of carbonyl (C=O) groups is 1. The molecule has 4 heteroatoms. The number of aliphatic carboxylic acids is 1. The van der Waals surface area contributed by atoms with Crippen LogP contribution in [0, 0.1) is 5.92 Å². The number of aliphatic hydroxyl groups is 1. The number of ether oxygens (including phenoxy) is 1. The third-order valence-corrected chi connectivity index (χ3v) is 3.08. The van der Waals surface area contributed by atoms with Crippen LogP contribution in [-0.4, -0.2) is 22.8 Å². The molecule has 0 fully saturated rings. The van der Waals surface area contributed by atoms with Gasteiger partial charge in [-0.2, -0.15) is 0 Å². The van der Waals surface area contributed by atoms with Gasteiger partial charge in [0.1, 0.15) is 11.4 Å². The third kappa shape index (κ3) is 1.65. The number of hydrogen-bond donors (Lipinski definition) is 2. The molecule has 1 aromatic carbocycles. The van der Waals surface area contributed by atoms with Crippen molar-refractivity contribution in [3.05, 3.63) is 29.8 Å². The Balaban J connectivity index is 2.47. The van der Waals surface area contributed by atoms with Crippen LogP contribution >= 0.6 is 0 Å². The highest BCUT2D eigenvalue weighted by atomic mass is 16.5. The molecule has 86 valence electrons. The van der Waals surface area contributed by atoms with E-state index < -0.39 is 11.6 Å². The van der Waals surface area contributed by atoms with E-state index in [9.17, 15) is 9.90 Å². The summed E-state index contributed by atoms with van der Waals surface area (Å²) in [6.45, 7) is 2.12. The minimum Gasteiger partial charge on any atom is -0.493 e. The summed E-state index contributed by atoms with van der Waals surface area (Å²) in [4.78, 5) is 10.8. The van der Waals surface area contributed by atoms with Crippen molar-refractivity contribution in [1.29, 1.82) is 0 Å². The highest BCUT2D eigenvalue weighted by Gasteiger charge is 2.43. The normalized spacial score (nSPS) is 28.0. The Labute approximate surface area is 93.5 Å². The lowest BCUT2D eigenvalue weighted by molar-refractivity contribution is -0.147. The van der Waals surface area contributed by atoms with Gasteiger partial charge in [-0.15, -0.1) is 0 Å². The maximum atomic E-state index is 10.8. The summed E-state index contributed by atoms with van der Waals surface area (Å²) in [7, 11) is 0. The van der Waals surface area contributed by atoms with Gasteiger partial charge in [0.2, 0.25) is 0 Å². The number of hydrogen-bond acceptors (Lipinski definition) is 3. The van der Waals surface area contributed by atoms with Crippen LogP contribution < -0.4 is 4.74 Å². The molecule has 0 spiro atoms. The van der Waals surface area contributed by atoms with Gasteiger partial charge in [0.25, 0.3) is 0 Å². The Morgan fingerprint density at radius 1 is 1.56 bits per heavy atom. The summed E-state index contributed by atoms with van der Waals surface area (Å²) in [5.41, 5.74) is -0.767. The van der Waals surface area contributed by atoms with Crippen LogP contribution in [0.2, 0.25) is 0 Å². The first-order valence-electron chi connectivity index (χ1n) is 5.20. The van der Waals surface area contributed by atoms with Gasteiger partial charge in [0.05, 0.1) is 13.0 Å². The van der Waals surface area contributed by atoms with Crippen molar-refractivity contribution >= 4 is 5.97 Å². The average Bonchev–Trinajstić information content (AvgIpc) is 2.23. The molecular formula is C12H14O4. The molecular weight excluding hydrogens is 208 g/mol. The third-order valence-electron chi connectivity index (χ3n) is 3.08. The molecule has 1 aliphatic heterocycles. The fraction of sp³-hybridized carbons (Fsp3) is 0.417. The molecule has 0 amide bonds. The Morgan fingerprint density at radius 2 is 2.25 bits per heavy atom. The minimum atomic E-state index is -1.33. The zero-order valence-corrected chi connectivity index (χ0v) is 9.01. The van der Waals surface area contributed by atoms with E-state index in [4.69, 9.17) is 9.84 Å². The molecule has 2 rings (SSSR count). The van der Waals surface area contributed by atoms with Crippen LogP contribution in [-0.2, 0) is 10.4 Å². The average molecular weight is 222 g/mol. The van der Waals surface area contributed by atoms with Crippen molar-refractivity contribution in [2.24, 2.45) is 5.92 Å². The SMILES string of the molecule is CC1COc2ccccc2C1(O)CC(=O)O. The van der Waals surface area contributed by atoms with E-state index in [-0.39, 0.29) is 12.3 Å². The van der Waals surface area contributed by atoms with Gasteiger partial charge in [-0.3, -0.25) is 4.79 Å². The summed E-state index contributed by atoms with van der Waals surface area (Å²) < 4.78 is 5.46. The Hall–Kier alpha value is -1.55. The molecule has 0 saturated heterocycles. The number of fused-ring (bicyclic) bond motifs is 1. The van der Waals surface area contributed by atoms with E-state index in [2.05, 4.69) is 0 Å². The van der Waals surface area contributed by atoms with Crippen molar-refractivity contribution in [1.82, 2.24) is 0 Å². The maximum absolute atomic E-state index is 10.8. The van der Waals surface area contributed by atoms with Crippen LogP contribution in [0.1, 0.15) is 18.9 Å². The first-order valence-corrected chi connectivity index (χ1v) is 5.20. The second-order valence-electron chi connectivity index (χ2n) is 4.20. The van der Waals surface area contributed by atoms with Gasteiger partial charge in [-0.25, -0.2) is 0 Å². The van der Waals surface area contributed by atoms with E-state index >= 15 is 0 Å². The topological polar surface area (TPSA) is 66.8 Å². The van der Waals surface area contributed by atoms with E-state index in [1.54, 1.807) is 31.2 Å². The fourth-order valence-corrected chi connectivity index (χ4v) is 2.07. The van der Waals surface area contributed by atoms with Gasteiger partial charge in [-0.1, -0.05) is 25.1 Å². The standard InChI is InChI=1S/C12H14O4/c1-8-7-16-10-5-3-2-4-9(10)12(8,15)6-11(13)14/h2-5,8,15H,6-7H2,1H3,(H,13,14). The first-order chi connectivity index (χ1) is 7.54. The molecule has 1 heterocycles. The number of carboxylic acids is 1. The smallest absolute Gasteiger partial charge is 0.306 e. The Morgan fingerprint density at radius 3 is 2.94 bits per heavy atom. The lowest BCUT2D eigenvalue weighted by Crippen LogP contribution is -2.42. The van der Waals surface area contributed by atoms with Crippen LogP contribution in [0.3, 0.4) is 0 Å². The van der Waals surface area contributed by atoms with Crippen molar-refractivity contribution in [2.45, 2.75) is 18.9 Å². The van der Waals surface area contributed by atoms with Crippen LogP contribution in [0.5, 0.6) is 5.75 Å². The molecule has 1 aromatic rings. The number of rotatable bonds is 2. The molecule has 1 aliphatic rings. The van der Waals surface area contributed by atoms with E-state index in [0.29, 0.717) is 17.9 Å². The molecule has 0 saturated carbocycles. The molecule has 2 unspecified atom stereocenters. The molecule has 16 heavy (non-hydrogen) atoms. The number of benzene rings is 1. The number of para-hydroxylation sites is 1. The highest BCUT2D eigenvalue weighted by molar-refractivity contribution is 5.69. The molecule has 0 aliphatic carbocycles. The molecule has 0 bridgehead atoms. The summed E-state index contributed by atoms with van der Waals surface area (Å²) >= 11 is 0. The number of carboxylic acid groups (broad SMARTS) is 1. The lowest BCUT2D eigenvalue weighted by Gasteiger charge is -2.38. The molecule has 0 aromatic heterocycles. The monoisotopic (exact) mass is 222 g/mol. The largest absolute Gasteiger partial charge is 0.493 e. The van der Waals surface area contributed by atoms with Crippen molar-refractivity contribution < 1.29 is 19.7 Å². The fourth-order valence-electron chi connectivity index (χ4n) is 2.07. The van der Waals surface area contributed by atoms with Gasteiger partial charge in [-0.05, 0) is 6.07 Å². The predicted molar refractivity (Wildman–Crippen MR) is 57.3 cm³/mol. The van der Waals surface area contributed by atoms with Crippen LogP contribution in [0.25, 0.3) is 0 Å². The quantitative estimate of drug-likeness (QED) is 0.793. The second kappa shape index (κ2) is 3.79. The summed E-state index contributed by atoms with van der Waals surface area (Å²) in [5.74, 6) is -0.672. The van der Waals surface area contributed by atoms with Crippen molar-refractivity contribution in [3.8, 4) is 5.75 Å². The molecule has 4 nitrogen and oxygen atoms in total. The predicted octanol–water partition coefficient (Wildman–Crippen LogP) is 1.38. The zero-order valence-electron chi connectivity index (χ0n) is 9.01. The molecule has 2 N–H and O–H groups in total. The van der Waals surface area contributed by atoms with Crippen LogP contribution in [0.15, 0.2) is 24.3 Å². The molecule has 0 radical (unpaired) electrons. The maximum Gasteiger partial charge on any atom is 0.306 e. The molecule has 2 atom stereocenters. The van der Waals surface area contributed by atoms with E-state index in [1.807, 2.05) is 0 Å². The minimum absolute atomic E-state index is 0.238. The Kier molecular flexibility index (Phi) is 2.59. The van der Waals surface area contributed by atoms with E-state index in [1.165, 1.54) is 0 Å². The van der Waals surface area contributed by atoms with Gasteiger partial charge < -0.3 is 14.9 Å². The zero-order chi connectivity index (χ0) is 11.8. The highest BCUT2D eigenvalue weighted by Crippen LogP contribution is 2.42. The van der Waals surface area contributed by atoms with Crippen molar-refractivity contribution in [2.75, 3.05) is 6.61 Å². The second-order valence-corrected chi connectivity index (χ2v) is 4.20. The Bertz CT molecular complexity index is 415.